The Balaban J connectivity index is 2.07. The van der Waals surface area contributed by atoms with Crippen LogP contribution in [0.25, 0.3) is 10.4 Å². The van der Waals surface area contributed by atoms with Gasteiger partial charge in [-0.05, 0) is 35.4 Å². The fourth-order valence-corrected chi connectivity index (χ4v) is 3.20. The molecule has 19 heavy (non-hydrogen) atoms. The smallest absolute Gasteiger partial charge is 0.150 e. The molecule has 0 saturated heterocycles. The standard InChI is InChI=1S/C17H20OS/c1-2-3-4-5-6-15-11-12-19-17(15)16-9-7-14(13-18)8-10-16/h7-13H,2-6H2,1H3. The quantitative estimate of drug-likeness (QED) is 0.490. The van der Waals surface area contributed by atoms with Crippen LogP contribution in [-0.2, 0) is 6.42 Å². The van der Waals surface area contributed by atoms with Crippen LogP contribution in [0.2, 0.25) is 0 Å². The van der Waals surface area contributed by atoms with Gasteiger partial charge in [0.2, 0.25) is 0 Å². The first-order valence-corrected chi connectivity index (χ1v) is 7.85. The zero-order valence-electron chi connectivity index (χ0n) is 11.4. The average Bonchev–Trinajstić information content (AvgIpc) is 2.92. The van der Waals surface area contributed by atoms with Gasteiger partial charge in [-0.3, -0.25) is 4.79 Å². The van der Waals surface area contributed by atoms with Crippen LogP contribution in [0.15, 0.2) is 35.7 Å². The number of thiophene rings is 1. The number of hydrogen-bond donors (Lipinski definition) is 0. The maximum atomic E-state index is 10.7. The molecule has 0 saturated carbocycles. The molecule has 0 atom stereocenters. The molecule has 2 heteroatoms. The van der Waals surface area contributed by atoms with Crippen LogP contribution < -0.4 is 0 Å². The minimum Gasteiger partial charge on any atom is -0.298 e. The van der Waals surface area contributed by atoms with E-state index in [9.17, 15) is 4.79 Å². The molecule has 0 fully saturated rings. The van der Waals surface area contributed by atoms with Crippen LogP contribution in [0.4, 0.5) is 0 Å². The summed E-state index contributed by atoms with van der Waals surface area (Å²) in [6, 6.07) is 10.1. The van der Waals surface area contributed by atoms with Crippen LogP contribution in [0.5, 0.6) is 0 Å². The molecule has 100 valence electrons. The Kier molecular flexibility index (Phi) is 5.34. The van der Waals surface area contributed by atoms with Gasteiger partial charge in [-0.2, -0.15) is 0 Å². The predicted octanol–water partition coefficient (Wildman–Crippen LogP) is 5.35. The molecule has 0 N–H and O–H groups in total. The van der Waals surface area contributed by atoms with Crippen molar-refractivity contribution in [3.63, 3.8) is 0 Å². The SMILES string of the molecule is CCCCCCc1ccsc1-c1ccc(C=O)cc1. The fraction of sp³-hybridized carbons (Fsp3) is 0.353. The molecule has 1 heterocycles. The molecule has 1 aromatic carbocycles. The molecule has 0 radical (unpaired) electrons. The van der Waals surface area contributed by atoms with E-state index in [1.165, 1.54) is 41.7 Å². The van der Waals surface area contributed by atoms with Crippen LogP contribution in [0, 0.1) is 0 Å². The van der Waals surface area contributed by atoms with Crippen molar-refractivity contribution in [2.24, 2.45) is 0 Å². The Morgan fingerprint density at radius 2 is 1.84 bits per heavy atom. The predicted molar refractivity (Wildman–Crippen MR) is 83.0 cm³/mol. The van der Waals surface area contributed by atoms with Crippen molar-refractivity contribution in [3.8, 4) is 10.4 Å². The van der Waals surface area contributed by atoms with Gasteiger partial charge < -0.3 is 0 Å². The van der Waals surface area contributed by atoms with Gasteiger partial charge in [0.25, 0.3) is 0 Å². The molecule has 0 amide bonds. The lowest BCUT2D eigenvalue weighted by molar-refractivity contribution is 0.112. The van der Waals surface area contributed by atoms with E-state index < -0.39 is 0 Å². The molecule has 2 aromatic rings. The highest BCUT2D eigenvalue weighted by atomic mass is 32.1. The third kappa shape index (κ3) is 3.77. The molecule has 0 aliphatic carbocycles. The normalized spacial score (nSPS) is 10.6. The molecule has 1 nitrogen and oxygen atoms in total. The number of aryl methyl sites for hydroxylation is 1. The number of carbonyl (C=O) groups excluding carboxylic acids is 1. The summed E-state index contributed by atoms with van der Waals surface area (Å²) >= 11 is 1.79. The highest BCUT2D eigenvalue weighted by molar-refractivity contribution is 7.13. The lowest BCUT2D eigenvalue weighted by atomic mass is 10.0. The third-order valence-corrected chi connectivity index (χ3v) is 4.36. The minimum atomic E-state index is 0.741. The van der Waals surface area contributed by atoms with Gasteiger partial charge in [0.05, 0.1) is 0 Å². The number of benzene rings is 1. The zero-order valence-corrected chi connectivity index (χ0v) is 12.2. The Labute approximate surface area is 119 Å². The minimum absolute atomic E-state index is 0.741. The summed E-state index contributed by atoms with van der Waals surface area (Å²) in [5.74, 6) is 0. The summed E-state index contributed by atoms with van der Waals surface area (Å²) in [5, 5.41) is 2.16. The van der Waals surface area contributed by atoms with Crippen LogP contribution in [-0.4, -0.2) is 6.29 Å². The molecular weight excluding hydrogens is 252 g/mol. The van der Waals surface area contributed by atoms with E-state index in [1.807, 2.05) is 24.3 Å². The summed E-state index contributed by atoms with van der Waals surface area (Å²) in [6.45, 7) is 2.24. The number of unbranched alkanes of at least 4 members (excludes halogenated alkanes) is 3. The van der Waals surface area contributed by atoms with Crippen molar-refractivity contribution < 1.29 is 4.79 Å². The van der Waals surface area contributed by atoms with Crippen molar-refractivity contribution >= 4 is 17.6 Å². The molecule has 2 rings (SSSR count). The molecule has 0 unspecified atom stereocenters. The first-order valence-electron chi connectivity index (χ1n) is 6.97. The van der Waals surface area contributed by atoms with E-state index in [2.05, 4.69) is 18.4 Å². The van der Waals surface area contributed by atoms with Gasteiger partial charge >= 0.3 is 0 Å². The molecule has 1 aromatic heterocycles. The van der Waals surface area contributed by atoms with Gasteiger partial charge in [0, 0.05) is 10.4 Å². The van der Waals surface area contributed by atoms with Gasteiger partial charge in [-0.15, -0.1) is 11.3 Å². The first-order chi connectivity index (χ1) is 9.35. The second-order valence-electron chi connectivity index (χ2n) is 4.83. The van der Waals surface area contributed by atoms with Crippen molar-refractivity contribution in [2.45, 2.75) is 39.0 Å². The Morgan fingerprint density at radius 1 is 1.05 bits per heavy atom. The monoisotopic (exact) mass is 272 g/mol. The maximum Gasteiger partial charge on any atom is 0.150 e. The second kappa shape index (κ2) is 7.25. The molecule has 0 bridgehead atoms. The number of aldehydes is 1. The molecule has 0 aliphatic heterocycles. The lowest BCUT2D eigenvalue weighted by Gasteiger charge is -2.04. The average molecular weight is 272 g/mol. The van der Waals surface area contributed by atoms with Crippen molar-refractivity contribution in [3.05, 3.63) is 46.8 Å². The Morgan fingerprint density at radius 3 is 2.53 bits per heavy atom. The molecule has 0 aliphatic rings. The highest BCUT2D eigenvalue weighted by Crippen LogP contribution is 2.30. The second-order valence-corrected chi connectivity index (χ2v) is 5.74. The van der Waals surface area contributed by atoms with Gasteiger partial charge in [-0.1, -0.05) is 50.5 Å². The van der Waals surface area contributed by atoms with E-state index in [-0.39, 0.29) is 0 Å². The number of hydrogen-bond acceptors (Lipinski definition) is 2. The zero-order chi connectivity index (χ0) is 13.5. The Hall–Kier alpha value is -1.41. The molecular formula is C17H20OS. The van der Waals surface area contributed by atoms with Gasteiger partial charge in [0.15, 0.2) is 0 Å². The van der Waals surface area contributed by atoms with Gasteiger partial charge in [-0.25, -0.2) is 0 Å². The van der Waals surface area contributed by atoms with E-state index in [1.54, 1.807) is 11.3 Å². The maximum absolute atomic E-state index is 10.7. The van der Waals surface area contributed by atoms with Crippen LogP contribution in [0.1, 0.15) is 48.5 Å². The fourth-order valence-electron chi connectivity index (χ4n) is 2.24. The summed E-state index contributed by atoms with van der Waals surface area (Å²) < 4.78 is 0. The van der Waals surface area contributed by atoms with Crippen molar-refractivity contribution in [2.75, 3.05) is 0 Å². The molecule has 0 spiro atoms. The summed E-state index contributed by atoms with van der Waals surface area (Å²) in [4.78, 5) is 12.0. The summed E-state index contributed by atoms with van der Waals surface area (Å²) in [5.41, 5.74) is 3.41. The summed E-state index contributed by atoms with van der Waals surface area (Å²) in [6.07, 6.45) is 7.25. The lowest BCUT2D eigenvalue weighted by Crippen LogP contribution is -1.87. The number of rotatable bonds is 7. The Bertz CT molecular complexity index is 510. The summed E-state index contributed by atoms with van der Waals surface area (Å²) in [7, 11) is 0. The first kappa shape index (κ1) is 14.0. The number of carbonyl (C=O) groups is 1. The van der Waals surface area contributed by atoms with E-state index in [0.29, 0.717) is 0 Å². The van der Waals surface area contributed by atoms with Crippen LogP contribution in [0.3, 0.4) is 0 Å². The van der Waals surface area contributed by atoms with Crippen molar-refractivity contribution in [1.29, 1.82) is 0 Å². The van der Waals surface area contributed by atoms with E-state index in [4.69, 9.17) is 0 Å². The van der Waals surface area contributed by atoms with Crippen molar-refractivity contribution in [1.82, 2.24) is 0 Å². The largest absolute Gasteiger partial charge is 0.298 e. The van der Waals surface area contributed by atoms with E-state index >= 15 is 0 Å². The topological polar surface area (TPSA) is 17.1 Å². The third-order valence-electron chi connectivity index (χ3n) is 3.36. The highest BCUT2D eigenvalue weighted by Gasteiger charge is 2.06. The van der Waals surface area contributed by atoms with E-state index in [0.717, 1.165) is 18.3 Å². The van der Waals surface area contributed by atoms with Crippen LogP contribution >= 0.6 is 11.3 Å². The van der Waals surface area contributed by atoms with Gasteiger partial charge in [0.1, 0.15) is 6.29 Å².